The first-order valence-electron chi connectivity index (χ1n) is 15.6. The van der Waals surface area contributed by atoms with Crippen molar-refractivity contribution in [2.45, 2.75) is 19.3 Å². The van der Waals surface area contributed by atoms with Crippen LogP contribution in [0.2, 0.25) is 0 Å². The number of aromatic nitrogens is 2. The summed E-state index contributed by atoms with van der Waals surface area (Å²) in [5, 5.41) is 7.13. The van der Waals surface area contributed by atoms with Crippen LogP contribution in [0, 0.1) is 0 Å². The number of hydrogen-bond donors (Lipinski definition) is 0. The van der Waals surface area contributed by atoms with E-state index in [4.69, 9.17) is 9.97 Å². The van der Waals surface area contributed by atoms with Crippen molar-refractivity contribution in [3.63, 3.8) is 0 Å². The maximum atomic E-state index is 5.41. The Labute approximate surface area is 262 Å². The Morgan fingerprint density at radius 1 is 0.444 bits per heavy atom. The van der Waals surface area contributed by atoms with Crippen LogP contribution in [0.5, 0.6) is 0 Å². The average molecular weight is 575 g/mol. The molecule has 0 fully saturated rings. The highest BCUT2D eigenvalue weighted by molar-refractivity contribution is 6.21. The highest BCUT2D eigenvalue weighted by Gasteiger charge is 2.35. The molecule has 0 bridgehead atoms. The zero-order chi connectivity index (χ0) is 30.1. The molecule has 8 aromatic rings. The van der Waals surface area contributed by atoms with E-state index in [1.807, 2.05) is 0 Å². The Kier molecular flexibility index (Phi) is 5.58. The molecule has 2 heteroatoms. The molecule has 1 aliphatic rings. The first-order valence-corrected chi connectivity index (χ1v) is 15.6. The number of fused-ring (bicyclic) bond motifs is 7. The van der Waals surface area contributed by atoms with Crippen molar-refractivity contribution in [2.75, 3.05) is 0 Å². The molecule has 2 nitrogen and oxygen atoms in total. The number of hydrogen-bond acceptors (Lipinski definition) is 2. The van der Waals surface area contributed by atoms with Crippen LogP contribution in [0.15, 0.2) is 146 Å². The SMILES string of the molecule is CC1(C)c2ccccc2-c2cc(-c3cc(-c4ccccc4)nc(-c4c5ccccc5cc5ccc6ccccc6c45)n3)ccc21. The molecule has 0 radical (unpaired) electrons. The first kappa shape index (κ1) is 25.9. The fourth-order valence-corrected chi connectivity index (χ4v) is 7.42. The number of rotatable bonds is 3. The molecule has 1 heterocycles. The van der Waals surface area contributed by atoms with Crippen molar-refractivity contribution >= 4 is 32.3 Å². The van der Waals surface area contributed by atoms with Gasteiger partial charge in [-0.15, -0.1) is 0 Å². The van der Waals surface area contributed by atoms with Gasteiger partial charge in [-0.05, 0) is 67.4 Å². The molecule has 0 atom stereocenters. The van der Waals surface area contributed by atoms with Crippen LogP contribution in [0.25, 0.3) is 77.3 Å². The van der Waals surface area contributed by atoms with Crippen LogP contribution in [0.4, 0.5) is 0 Å². The minimum atomic E-state index is -0.0422. The summed E-state index contributed by atoms with van der Waals surface area (Å²) in [5.41, 5.74) is 10.4. The van der Waals surface area contributed by atoms with Crippen LogP contribution in [0.3, 0.4) is 0 Å². The smallest absolute Gasteiger partial charge is 0.161 e. The molecule has 0 saturated heterocycles. The second kappa shape index (κ2) is 9.70. The van der Waals surface area contributed by atoms with Gasteiger partial charge >= 0.3 is 0 Å². The molecule has 1 aromatic heterocycles. The zero-order valence-corrected chi connectivity index (χ0v) is 25.3. The minimum absolute atomic E-state index is 0.0422. The molecule has 0 unspecified atom stereocenters. The fraction of sp³-hybridized carbons (Fsp3) is 0.0698. The molecule has 0 saturated carbocycles. The molecule has 0 spiro atoms. The molecule has 0 N–H and O–H groups in total. The van der Waals surface area contributed by atoms with E-state index in [9.17, 15) is 0 Å². The van der Waals surface area contributed by atoms with Gasteiger partial charge in [0.1, 0.15) is 0 Å². The molecule has 0 amide bonds. The summed E-state index contributed by atoms with van der Waals surface area (Å²) in [6.07, 6.45) is 0. The van der Waals surface area contributed by atoms with E-state index in [-0.39, 0.29) is 5.41 Å². The quantitative estimate of drug-likeness (QED) is 0.155. The molecule has 45 heavy (non-hydrogen) atoms. The van der Waals surface area contributed by atoms with Gasteiger partial charge in [0, 0.05) is 27.5 Å². The fourth-order valence-electron chi connectivity index (χ4n) is 7.42. The van der Waals surface area contributed by atoms with Crippen molar-refractivity contribution in [1.82, 2.24) is 9.97 Å². The van der Waals surface area contributed by atoms with Gasteiger partial charge in [0.05, 0.1) is 11.4 Å². The highest BCUT2D eigenvalue weighted by atomic mass is 14.9. The van der Waals surface area contributed by atoms with Crippen molar-refractivity contribution in [3.05, 3.63) is 157 Å². The van der Waals surface area contributed by atoms with Crippen LogP contribution >= 0.6 is 0 Å². The lowest BCUT2D eigenvalue weighted by molar-refractivity contribution is 0.660. The molecule has 212 valence electrons. The normalized spacial score (nSPS) is 13.3. The molecule has 0 aliphatic heterocycles. The summed E-state index contributed by atoms with van der Waals surface area (Å²) in [4.78, 5) is 10.7. The van der Waals surface area contributed by atoms with Gasteiger partial charge in [0.15, 0.2) is 5.82 Å². The van der Waals surface area contributed by atoms with E-state index >= 15 is 0 Å². The van der Waals surface area contributed by atoms with Gasteiger partial charge in [-0.3, -0.25) is 0 Å². The van der Waals surface area contributed by atoms with Gasteiger partial charge in [-0.2, -0.15) is 0 Å². The van der Waals surface area contributed by atoms with Crippen LogP contribution in [0.1, 0.15) is 25.0 Å². The lowest BCUT2D eigenvalue weighted by atomic mass is 9.82. The highest BCUT2D eigenvalue weighted by Crippen LogP contribution is 2.49. The van der Waals surface area contributed by atoms with Crippen LogP contribution in [-0.4, -0.2) is 9.97 Å². The van der Waals surface area contributed by atoms with Crippen molar-refractivity contribution in [3.8, 4) is 45.0 Å². The first-order chi connectivity index (χ1) is 22.1. The summed E-state index contributed by atoms with van der Waals surface area (Å²) < 4.78 is 0. The summed E-state index contributed by atoms with van der Waals surface area (Å²) in [6, 6.07) is 52.3. The van der Waals surface area contributed by atoms with E-state index < -0.39 is 0 Å². The van der Waals surface area contributed by atoms with Crippen LogP contribution in [-0.2, 0) is 5.41 Å². The Hall–Kier alpha value is -5.60. The van der Waals surface area contributed by atoms with Gasteiger partial charge in [-0.25, -0.2) is 9.97 Å². The number of nitrogens with zero attached hydrogens (tertiary/aromatic N) is 2. The van der Waals surface area contributed by atoms with Crippen LogP contribution < -0.4 is 0 Å². The summed E-state index contributed by atoms with van der Waals surface area (Å²) >= 11 is 0. The zero-order valence-electron chi connectivity index (χ0n) is 25.3. The maximum Gasteiger partial charge on any atom is 0.161 e. The minimum Gasteiger partial charge on any atom is -0.228 e. The van der Waals surface area contributed by atoms with Gasteiger partial charge in [-0.1, -0.05) is 141 Å². The lowest BCUT2D eigenvalue weighted by Gasteiger charge is -2.21. The monoisotopic (exact) mass is 574 g/mol. The standard InChI is InChI=1S/C43H30N2/c1-43(2)36-19-11-10-18-34(36)35-25-30(22-23-37(35)43)39-26-38(28-13-4-3-5-14-28)44-42(45-39)41-33-17-9-7-15-29(33)24-31-21-20-27-12-6-8-16-32(27)40(31)41/h3-26H,1-2H3. The van der Waals surface area contributed by atoms with Crippen molar-refractivity contribution < 1.29 is 0 Å². The van der Waals surface area contributed by atoms with Gasteiger partial charge < -0.3 is 0 Å². The summed E-state index contributed by atoms with van der Waals surface area (Å²) in [7, 11) is 0. The van der Waals surface area contributed by atoms with Crippen molar-refractivity contribution in [1.29, 1.82) is 0 Å². The summed E-state index contributed by atoms with van der Waals surface area (Å²) in [5.74, 6) is 0.741. The van der Waals surface area contributed by atoms with E-state index in [1.54, 1.807) is 0 Å². The Morgan fingerprint density at radius 3 is 1.93 bits per heavy atom. The predicted molar refractivity (Wildman–Crippen MR) is 188 cm³/mol. The molecule has 1 aliphatic carbocycles. The van der Waals surface area contributed by atoms with E-state index in [2.05, 4.69) is 159 Å². The molecule has 7 aromatic carbocycles. The molecule has 9 rings (SSSR count). The third-order valence-electron chi connectivity index (χ3n) is 9.65. The van der Waals surface area contributed by atoms with Crippen molar-refractivity contribution in [2.24, 2.45) is 0 Å². The van der Waals surface area contributed by atoms with Gasteiger partial charge in [0.25, 0.3) is 0 Å². The second-order valence-electron chi connectivity index (χ2n) is 12.6. The Bertz CT molecular complexity index is 2450. The molecular formula is C43H30N2. The third-order valence-corrected chi connectivity index (χ3v) is 9.65. The lowest BCUT2D eigenvalue weighted by Crippen LogP contribution is -2.14. The van der Waals surface area contributed by atoms with Gasteiger partial charge in [0.2, 0.25) is 0 Å². The molecular weight excluding hydrogens is 544 g/mol. The number of benzene rings is 7. The average Bonchev–Trinajstić information content (AvgIpc) is 3.33. The predicted octanol–water partition coefficient (Wildman–Crippen LogP) is 11.2. The second-order valence-corrected chi connectivity index (χ2v) is 12.6. The summed E-state index contributed by atoms with van der Waals surface area (Å²) in [6.45, 7) is 4.65. The maximum absolute atomic E-state index is 5.41. The third kappa shape index (κ3) is 3.96. The van der Waals surface area contributed by atoms with E-state index in [0.717, 1.165) is 39.3 Å². The topological polar surface area (TPSA) is 25.8 Å². The van der Waals surface area contributed by atoms with E-state index in [0.29, 0.717) is 0 Å². The largest absolute Gasteiger partial charge is 0.228 e. The Balaban J connectivity index is 1.36. The Morgan fingerprint density at radius 2 is 1.09 bits per heavy atom. The van der Waals surface area contributed by atoms with E-state index in [1.165, 1.54) is 49.2 Å².